The molecule has 0 heterocycles. The number of rotatable bonds is 5. The molecule has 3 nitrogen and oxygen atoms in total. The van der Waals surface area contributed by atoms with Crippen LogP contribution in [0, 0.1) is 0 Å². The predicted octanol–water partition coefficient (Wildman–Crippen LogP) is 2.76. The summed E-state index contributed by atoms with van der Waals surface area (Å²) < 4.78 is 10.3. The number of halogens is 1. The quantitative estimate of drug-likeness (QED) is 0.588. The molecule has 0 saturated carbocycles. The van der Waals surface area contributed by atoms with Crippen LogP contribution in [0.5, 0.6) is 5.75 Å². The fraction of sp³-hybridized carbons (Fsp3) is 0.417. The average Bonchev–Trinajstić information content (AvgIpc) is 2.30. The van der Waals surface area contributed by atoms with E-state index in [2.05, 4.69) is 0 Å². The lowest BCUT2D eigenvalue weighted by Gasteiger charge is -2.15. The highest BCUT2D eigenvalue weighted by atomic mass is 35.5. The Morgan fingerprint density at radius 3 is 2.75 bits per heavy atom. The SMILES string of the molecule is CCOC(=O)C(C)Oc1ccccc1CCl. The van der Waals surface area contributed by atoms with Crippen molar-refractivity contribution in [3.63, 3.8) is 0 Å². The summed E-state index contributed by atoms with van der Waals surface area (Å²) in [5.41, 5.74) is 0.861. The minimum atomic E-state index is -0.621. The molecular formula is C12H15ClO3. The molecular weight excluding hydrogens is 228 g/mol. The molecule has 0 spiro atoms. The third kappa shape index (κ3) is 3.42. The van der Waals surface area contributed by atoms with Crippen LogP contribution in [0.1, 0.15) is 19.4 Å². The van der Waals surface area contributed by atoms with Gasteiger partial charge in [0, 0.05) is 5.56 Å². The van der Waals surface area contributed by atoms with E-state index in [0.717, 1.165) is 5.56 Å². The summed E-state index contributed by atoms with van der Waals surface area (Å²) in [7, 11) is 0. The zero-order chi connectivity index (χ0) is 12.0. The Bertz CT molecular complexity index is 352. The Kier molecular flexibility index (Phi) is 5.12. The number of hydrogen-bond donors (Lipinski definition) is 0. The van der Waals surface area contributed by atoms with Gasteiger partial charge in [0.1, 0.15) is 5.75 Å². The highest BCUT2D eigenvalue weighted by Gasteiger charge is 2.16. The number of para-hydroxylation sites is 1. The normalized spacial score (nSPS) is 11.9. The Morgan fingerprint density at radius 2 is 2.12 bits per heavy atom. The Morgan fingerprint density at radius 1 is 1.44 bits per heavy atom. The molecule has 1 rings (SSSR count). The summed E-state index contributed by atoms with van der Waals surface area (Å²) >= 11 is 5.76. The zero-order valence-electron chi connectivity index (χ0n) is 9.40. The number of carbonyl (C=O) groups excluding carboxylic acids is 1. The van der Waals surface area contributed by atoms with Gasteiger partial charge < -0.3 is 9.47 Å². The van der Waals surface area contributed by atoms with Crippen molar-refractivity contribution in [1.82, 2.24) is 0 Å². The van der Waals surface area contributed by atoms with Crippen LogP contribution in [-0.2, 0) is 15.4 Å². The van der Waals surface area contributed by atoms with E-state index in [-0.39, 0.29) is 5.97 Å². The summed E-state index contributed by atoms with van der Waals surface area (Å²) in [6.45, 7) is 3.77. The molecule has 0 amide bonds. The standard InChI is InChI=1S/C12H15ClO3/c1-3-15-12(14)9(2)16-11-7-5-4-6-10(11)8-13/h4-7,9H,3,8H2,1-2H3. The minimum absolute atomic E-state index is 0.351. The van der Waals surface area contributed by atoms with Crippen molar-refractivity contribution in [2.75, 3.05) is 6.61 Å². The van der Waals surface area contributed by atoms with Crippen LogP contribution in [0.3, 0.4) is 0 Å². The predicted molar refractivity (Wildman–Crippen MR) is 62.7 cm³/mol. The summed E-state index contributed by atoms with van der Waals surface area (Å²) in [5.74, 6) is 0.607. The fourth-order valence-corrected chi connectivity index (χ4v) is 1.45. The summed E-state index contributed by atoms with van der Waals surface area (Å²) in [5, 5.41) is 0. The second-order valence-electron chi connectivity index (χ2n) is 3.25. The van der Waals surface area contributed by atoms with Crippen molar-refractivity contribution < 1.29 is 14.3 Å². The van der Waals surface area contributed by atoms with Gasteiger partial charge >= 0.3 is 5.97 Å². The molecule has 0 aliphatic heterocycles. The van der Waals surface area contributed by atoms with Crippen molar-refractivity contribution in [2.45, 2.75) is 25.8 Å². The number of hydrogen-bond acceptors (Lipinski definition) is 3. The van der Waals surface area contributed by atoms with E-state index in [1.165, 1.54) is 0 Å². The van der Waals surface area contributed by atoms with Crippen LogP contribution in [0.15, 0.2) is 24.3 Å². The van der Waals surface area contributed by atoms with Crippen LogP contribution < -0.4 is 4.74 Å². The van der Waals surface area contributed by atoms with Crippen LogP contribution in [-0.4, -0.2) is 18.7 Å². The zero-order valence-corrected chi connectivity index (χ0v) is 10.2. The van der Waals surface area contributed by atoms with Crippen LogP contribution in [0.2, 0.25) is 0 Å². The highest BCUT2D eigenvalue weighted by Crippen LogP contribution is 2.21. The van der Waals surface area contributed by atoms with Gasteiger partial charge in [-0.25, -0.2) is 4.79 Å². The van der Waals surface area contributed by atoms with Crippen molar-refractivity contribution in [3.8, 4) is 5.75 Å². The van der Waals surface area contributed by atoms with Gasteiger partial charge in [0.25, 0.3) is 0 Å². The van der Waals surface area contributed by atoms with Crippen molar-refractivity contribution in [1.29, 1.82) is 0 Å². The van der Waals surface area contributed by atoms with E-state index < -0.39 is 6.10 Å². The topological polar surface area (TPSA) is 35.5 Å². The first-order chi connectivity index (χ1) is 7.69. The lowest BCUT2D eigenvalue weighted by molar-refractivity contribution is -0.150. The van der Waals surface area contributed by atoms with Crippen molar-refractivity contribution >= 4 is 17.6 Å². The molecule has 0 fully saturated rings. The molecule has 0 radical (unpaired) electrons. The van der Waals surface area contributed by atoms with Crippen LogP contribution in [0.25, 0.3) is 0 Å². The molecule has 1 aromatic carbocycles. The van der Waals surface area contributed by atoms with Gasteiger partial charge in [0.15, 0.2) is 6.10 Å². The van der Waals surface area contributed by atoms with Crippen molar-refractivity contribution in [3.05, 3.63) is 29.8 Å². The van der Waals surface area contributed by atoms with Gasteiger partial charge in [-0.3, -0.25) is 0 Å². The largest absolute Gasteiger partial charge is 0.479 e. The molecule has 0 bridgehead atoms. The molecule has 88 valence electrons. The molecule has 16 heavy (non-hydrogen) atoms. The Balaban J connectivity index is 2.68. The molecule has 1 unspecified atom stereocenters. The van der Waals surface area contributed by atoms with Gasteiger partial charge in [-0.2, -0.15) is 0 Å². The second-order valence-corrected chi connectivity index (χ2v) is 3.52. The molecule has 0 aliphatic rings. The fourth-order valence-electron chi connectivity index (χ4n) is 1.23. The van der Waals surface area contributed by atoms with Gasteiger partial charge in [0.05, 0.1) is 12.5 Å². The first-order valence-corrected chi connectivity index (χ1v) is 5.69. The van der Waals surface area contributed by atoms with Gasteiger partial charge in [-0.1, -0.05) is 18.2 Å². The molecule has 1 aromatic rings. The maximum Gasteiger partial charge on any atom is 0.347 e. The number of carbonyl (C=O) groups is 1. The van der Waals surface area contributed by atoms with E-state index in [1.807, 2.05) is 18.2 Å². The third-order valence-corrected chi connectivity index (χ3v) is 2.33. The average molecular weight is 243 g/mol. The molecule has 0 aromatic heterocycles. The number of benzene rings is 1. The first-order valence-electron chi connectivity index (χ1n) is 5.16. The summed E-state index contributed by atoms with van der Waals surface area (Å²) in [6.07, 6.45) is -0.621. The van der Waals surface area contributed by atoms with Gasteiger partial charge in [-0.15, -0.1) is 11.6 Å². The summed E-state index contributed by atoms with van der Waals surface area (Å²) in [6, 6.07) is 7.36. The highest BCUT2D eigenvalue weighted by molar-refractivity contribution is 6.17. The van der Waals surface area contributed by atoms with Crippen LogP contribution in [0.4, 0.5) is 0 Å². The van der Waals surface area contributed by atoms with Gasteiger partial charge in [-0.05, 0) is 19.9 Å². The lowest BCUT2D eigenvalue weighted by atomic mass is 10.2. The number of alkyl halides is 1. The Hall–Kier alpha value is -1.22. The van der Waals surface area contributed by atoms with Crippen molar-refractivity contribution in [2.24, 2.45) is 0 Å². The number of ether oxygens (including phenoxy) is 2. The van der Waals surface area contributed by atoms with E-state index in [4.69, 9.17) is 21.1 Å². The molecule has 1 atom stereocenters. The second kappa shape index (κ2) is 6.38. The van der Waals surface area contributed by atoms with E-state index >= 15 is 0 Å². The molecule has 0 aliphatic carbocycles. The van der Waals surface area contributed by atoms with Gasteiger partial charge in [0.2, 0.25) is 0 Å². The van der Waals surface area contributed by atoms with E-state index in [0.29, 0.717) is 18.2 Å². The van der Waals surface area contributed by atoms with Crippen LogP contribution >= 0.6 is 11.6 Å². The number of esters is 1. The maximum atomic E-state index is 11.4. The van der Waals surface area contributed by atoms with E-state index in [9.17, 15) is 4.79 Å². The smallest absolute Gasteiger partial charge is 0.347 e. The summed E-state index contributed by atoms with van der Waals surface area (Å²) in [4.78, 5) is 11.4. The Labute approximate surface area is 100 Å². The third-order valence-electron chi connectivity index (χ3n) is 2.04. The molecule has 4 heteroatoms. The molecule has 0 saturated heterocycles. The van der Waals surface area contributed by atoms with E-state index in [1.54, 1.807) is 19.9 Å². The first kappa shape index (κ1) is 12.8. The monoisotopic (exact) mass is 242 g/mol. The molecule has 0 N–H and O–H groups in total. The minimum Gasteiger partial charge on any atom is -0.479 e. The maximum absolute atomic E-state index is 11.4. The lowest BCUT2D eigenvalue weighted by Crippen LogP contribution is -2.26.